The smallest absolute Gasteiger partial charge is 0.123 e. The third kappa shape index (κ3) is 2.95. The molecule has 1 aromatic rings. The molecule has 0 saturated carbocycles. The normalized spacial score (nSPS) is 13.3. The van der Waals surface area contributed by atoms with Crippen molar-refractivity contribution >= 4 is 5.82 Å². The van der Waals surface area contributed by atoms with E-state index in [1.54, 1.807) is 12.5 Å². The van der Waals surface area contributed by atoms with Crippen LogP contribution in [0.4, 0.5) is 5.82 Å². The maximum absolute atomic E-state index is 3.94. The van der Waals surface area contributed by atoms with Crippen molar-refractivity contribution in [3.63, 3.8) is 0 Å². The molecule has 0 aliphatic rings. The Labute approximate surface area is 73.6 Å². The number of imidazole rings is 1. The second-order valence-corrected chi connectivity index (χ2v) is 3.64. The molecule has 0 aromatic carbocycles. The van der Waals surface area contributed by atoms with E-state index in [1.807, 2.05) is 0 Å². The van der Waals surface area contributed by atoms with Crippen LogP contribution in [0, 0.1) is 5.92 Å². The third-order valence-corrected chi connectivity index (χ3v) is 1.73. The Kier molecular flexibility index (Phi) is 3.14. The average molecular weight is 167 g/mol. The Morgan fingerprint density at radius 2 is 2.25 bits per heavy atom. The fourth-order valence-corrected chi connectivity index (χ4v) is 1.37. The number of H-pyrrole nitrogens is 1. The SMILES string of the molecule is CC(C)CC(C)Nc1cnc[nH]1. The molecule has 0 saturated heterocycles. The van der Waals surface area contributed by atoms with Gasteiger partial charge in [-0.05, 0) is 19.3 Å². The number of rotatable bonds is 4. The van der Waals surface area contributed by atoms with Gasteiger partial charge in [-0.25, -0.2) is 4.98 Å². The van der Waals surface area contributed by atoms with Crippen molar-refractivity contribution in [2.75, 3.05) is 5.32 Å². The molecule has 1 rings (SSSR count). The van der Waals surface area contributed by atoms with E-state index < -0.39 is 0 Å². The van der Waals surface area contributed by atoms with Crippen molar-refractivity contribution in [2.24, 2.45) is 5.92 Å². The van der Waals surface area contributed by atoms with Gasteiger partial charge >= 0.3 is 0 Å². The number of aromatic amines is 1. The highest BCUT2D eigenvalue weighted by atomic mass is 15.1. The summed E-state index contributed by atoms with van der Waals surface area (Å²) in [5.41, 5.74) is 0. The molecule has 0 aliphatic heterocycles. The first-order valence-corrected chi connectivity index (χ1v) is 4.43. The first-order valence-electron chi connectivity index (χ1n) is 4.43. The number of nitrogens with one attached hydrogen (secondary N) is 2. The van der Waals surface area contributed by atoms with Crippen molar-refractivity contribution < 1.29 is 0 Å². The average Bonchev–Trinajstić information content (AvgIpc) is 2.37. The van der Waals surface area contributed by atoms with Crippen LogP contribution in [0.15, 0.2) is 12.5 Å². The lowest BCUT2D eigenvalue weighted by Crippen LogP contribution is -2.17. The lowest BCUT2D eigenvalue weighted by atomic mass is 10.1. The zero-order valence-corrected chi connectivity index (χ0v) is 7.96. The monoisotopic (exact) mass is 167 g/mol. The minimum absolute atomic E-state index is 0.505. The fourth-order valence-electron chi connectivity index (χ4n) is 1.37. The van der Waals surface area contributed by atoms with E-state index in [0.717, 1.165) is 11.7 Å². The van der Waals surface area contributed by atoms with Crippen molar-refractivity contribution in [3.8, 4) is 0 Å². The summed E-state index contributed by atoms with van der Waals surface area (Å²) >= 11 is 0. The van der Waals surface area contributed by atoms with E-state index in [2.05, 4.69) is 36.1 Å². The molecule has 1 heterocycles. The van der Waals surface area contributed by atoms with Crippen LogP contribution in [0.25, 0.3) is 0 Å². The molecule has 0 radical (unpaired) electrons. The van der Waals surface area contributed by atoms with Crippen molar-refractivity contribution in [3.05, 3.63) is 12.5 Å². The van der Waals surface area contributed by atoms with Crippen LogP contribution in [-0.2, 0) is 0 Å². The number of hydrogen-bond donors (Lipinski definition) is 2. The van der Waals surface area contributed by atoms with Crippen LogP contribution in [0.2, 0.25) is 0 Å². The lowest BCUT2D eigenvalue weighted by Gasteiger charge is -2.15. The summed E-state index contributed by atoms with van der Waals surface area (Å²) in [5.74, 6) is 1.73. The van der Waals surface area contributed by atoms with Gasteiger partial charge in [0.15, 0.2) is 0 Å². The highest BCUT2D eigenvalue weighted by Crippen LogP contribution is 2.09. The van der Waals surface area contributed by atoms with E-state index in [9.17, 15) is 0 Å². The van der Waals surface area contributed by atoms with E-state index in [1.165, 1.54) is 6.42 Å². The van der Waals surface area contributed by atoms with E-state index in [-0.39, 0.29) is 0 Å². The van der Waals surface area contributed by atoms with E-state index in [4.69, 9.17) is 0 Å². The molecule has 68 valence electrons. The van der Waals surface area contributed by atoms with Gasteiger partial charge in [0.25, 0.3) is 0 Å². The number of hydrogen-bond acceptors (Lipinski definition) is 2. The van der Waals surface area contributed by atoms with Gasteiger partial charge in [-0.2, -0.15) is 0 Å². The summed E-state index contributed by atoms with van der Waals surface area (Å²) in [5, 5.41) is 3.34. The molecule has 0 fully saturated rings. The fraction of sp³-hybridized carbons (Fsp3) is 0.667. The van der Waals surface area contributed by atoms with Crippen LogP contribution in [0.3, 0.4) is 0 Å². The largest absolute Gasteiger partial charge is 0.368 e. The zero-order valence-electron chi connectivity index (χ0n) is 7.96. The Bertz CT molecular complexity index is 204. The van der Waals surface area contributed by atoms with Crippen molar-refractivity contribution in [1.82, 2.24) is 9.97 Å². The quantitative estimate of drug-likeness (QED) is 0.722. The molecule has 0 aliphatic carbocycles. The summed E-state index contributed by atoms with van der Waals surface area (Å²) in [7, 11) is 0. The van der Waals surface area contributed by atoms with Crippen molar-refractivity contribution in [2.45, 2.75) is 33.2 Å². The second kappa shape index (κ2) is 4.14. The topological polar surface area (TPSA) is 40.7 Å². The van der Waals surface area contributed by atoms with E-state index >= 15 is 0 Å². The Morgan fingerprint density at radius 3 is 2.75 bits per heavy atom. The molecule has 0 spiro atoms. The van der Waals surface area contributed by atoms with Gasteiger partial charge in [-0.1, -0.05) is 13.8 Å². The van der Waals surface area contributed by atoms with Gasteiger partial charge < -0.3 is 10.3 Å². The maximum Gasteiger partial charge on any atom is 0.123 e. The summed E-state index contributed by atoms with van der Waals surface area (Å²) in [4.78, 5) is 6.96. The molecule has 2 N–H and O–H groups in total. The summed E-state index contributed by atoms with van der Waals surface area (Å²) < 4.78 is 0. The maximum atomic E-state index is 3.94. The van der Waals surface area contributed by atoms with Crippen molar-refractivity contribution in [1.29, 1.82) is 0 Å². The molecule has 1 atom stereocenters. The second-order valence-electron chi connectivity index (χ2n) is 3.64. The molecule has 0 amide bonds. The minimum atomic E-state index is 0.505. The first kappa shape index (κ1) is 9.10. The van der Waals surface area contributed by atoms with Gasteiger partial charge in [0.05, 0.1) is 12.5 Å². The lowest BCUT2D eigenvalue weighted by molar-refractivity contribution is 0.539. The van der Waals surface area contributed by atoms with Crippen LogP contribution in [0.5, 0.6) is 0 Å². The summed E-state index contributed by atoms with van der Waals surface area (Å²) in [6, 6.07) is 0.505. The van der Waals surface area contributed by atoms with Crippen LogP contribution in [0.1, 0.15) is 27.2 Å². The summed E-state index contributed by atoms with van der Waals surface area (Å²) in [6.45, 7) is 6.64. The summed E-state index contributed by atoms with van der Waals surface area (Å²) in [6.07, 6.45) is 4.67. The minimum Gasteiger partial charge on any atom is -0.368 e. The molecule has 1 unspecified atom stereocenters. The standard InChI is InChI=1S/C9H17N3/c1-7(2)4-8(3)12-9-5-10-6-11-9/h5-8,12H,4H2,1-3H3,(H,10,11). The first-order chi connectivity index (χ1) is 5.68. The predicted octanol–water partition coefficient (Wildman–Crippen LogP) is 2.26. The Balaban J connectivity index is 2.32. The Morgan fingerprint density at radius 1 is 1.50 bits per heavy atom. The molecule has 1 aromatic heterocycles. The van der Waals surface area contributed by atoms with Gasteiger partial charge in [0.2, 0.25) is 0 Å². The number of anilines is 1. The van der Waals surface area contributed by atoms with Crippen LogP contribution >= 0.6 is 0 Å². The Hall–Kier alpha value is -0.990. The van der Waals surface area contributed by atoms with Crippen LogP contribution in [-0.4, -0.2) is 16.0 Å². The highest BCUT2D eigenvalue weighted by molar-refractivity contribution is 5.31. The van der Waals surface area contributed by atoms with Gasteiger partial charge in [0, 0.05) is 6.04 Å². The molecule has 0 bridgehead atoms. The molecular formula is C9H17N3. The number of aromatic nitrogens is 2. The molecule has 12 heavy (non-hydrogen) atoms. The van der Waals surface area contributed by atoms with E-state index in [0.29, 0.717) is 6.04 Å². The molecule has 3 heteroatoms. The molecule has 3 nitrogen and oxygen atoms in total. The number of nitrogens with zero attached hydrogens (tertiary/aromatic N) is 1. The molecular weight excluding hydrogens is 150 g/mol. The zero-order chi connectivity index (χ0) is 8.97. The van der Waals surface area contributed by atoms with Crippen LogP contribution < -0.4 is 5.32 Å². The predicted molar refractivity (Wildman–Crippen MR) is 51.1 cm³/mol. The van der Waals surface area contributed by atoms with Gasteiger partial charge in [0.1, 0.15) is 5.82 Å². The van der Waals surface area contributed by atoms with Gasteiger partial charge in [-0.15, -0.1) is 0 Å². The highest BCUT2D eigenvalue weighted by Gasteiger charge is 2.04. The third-order valence-electron chi connectivity index (χ3n) is 1.73. The van der Waals surface area contributed by atoms with Gasteiger partial charge in [-0.3, -0.25) is 0 Å².